The Bertz CT molecular complexity index is 704. The Hall–Kier alpha value is -2.69. The number of hydrogen-bond donors (Lipinski definition) is 2. The van der Waals surface area contributed by atoms with Crippen molar-refractivity contribution in [2.75, 3.05) is 24.8 Å². The first kappa shape index (κ1) is 17.7. The van der Waals surface area contributed by atoms with Crippen LogP contribution in [-0.4, -0.2) is 19.6 Å². The number of carbonyl (C=O) groups is 1. The summed E-state index contributed by atoms with van der Waals surface area (Å²) in [4.78, 5) is 12.0. The van der Waals surface area contributed by atoms with E-state index in [9.17, 15) is 4.79 Å². The molecule has 0 bridgehead atoms. The molecule has 3 N–H and O–H groups in total. The number of methoxy groups -OCH3 is 1. The third-order valence-electron chi connectivity index (χ3n) is 3.60. The van der Waals surface area contributed by atoms with Gasteiger partial charge in [-0.2, -0.15) is 0 Å². The van der Waals surface area contributed by atoms with Gasteiger partial charge in [-0.25, -0.2) is 0 Å². The Morgan fingerprint density at radius 3 is 2.33 bits per heavy atom. The van der Waals surface area contributed by atoms with Crippen LogP contribution in [0.5, 0.6) is 11.5 Å². The molecular formula is C19H24N2O3. The zero-order chi connectivity index (χ0) is 17.7. The second kappa shape index (κ2) is 7.25. The van der Waals surface area contributed by atoms with Crippen LogP contribution in [0, 0.1) is 0 Å². The van der Waals surface area contributed by atoms with Crippen molar-refractivity contribution in [1.82, 2.24) is 0 Å². The fourth-order valence-corrected chi connectivity index (χ4v) is 2.21. The molecule has 0 aromatic heterocycles. The number of hydrogen-bond acceptors (Lipinski definition) is 4. The molecule has 0 radical (unpaired) electrons. The Balaban J connectivity index is 1.90. The summed E-state index contributed by atoms with van der Waals surface area (Å²) < 4.78 is 10.6. The van der Waals surface area contributed by atoms with Crippen LogP contribution in [0.25, 0.3) is 0 Å². The number of rotatable bonds is 5. The molecule has 2 rings (SSSR count). The molecule has 0 saturated heterocycles. The average Bonchev–Trinajstić information content (AvgIpc) is 2.53. The summed E-state index contributed by atoms with van der Waals surface area (Å²) in [6.07, 6.45) is 0. The van der Waals surface area contributed by atoms with Crippen LogP contribution in [0.4, 0.5) is 11.4 Å². The summed E-state index contributed by atoms with van der Waals surface area (Å²) in [5.74, 6) is 0.982. The highest BCUT2D eigenvalue weighted by molar-refractivity contribution is 5.92. The monoisotopic (exact) mass is 328 g/mol. The number of carbonyl (C=O) groups excluding carboxylic acids is 1. The highest BCUT2D eigenvalue weighted by atomic mass is 16.5. The summed E-state index contributed by atoms with van der Waals surface area (Å²) in [6, 6.07) is 12.9. The molecule has 0 spiro atoms. The molecule has 5 heteroatoms. The van der Waals surface area contributed by atoms with Crippen LogP contribution in [0.15, 0.2) is 42.5 Å². The molecule has 0 aliphatic rings. The summed E-state index contributed by atoms with van der Waals surface area (Å²) in [7, 11) is 1.54. The van der Waals surface area contributed by atoms with Crippen molar-refractivity contribution in [3.8, 4) is 11.5 Å². The van der Waals surface area contributed by atoms with Gasteiger partial charge in [-0.1, -0.05) is 32.9 Å². The van der Waals surface area contributed by atoms with E-state index in [4.69, 9.17) is 15.2 Å². The second-order valence-electron chi connectivity index (χ2n) is 6.57. The van der Waals surface area contributed by atoms with E-state index in [1.54, 1.807) is 25.3 Å². The first-order chi connectivity index (χ1) is 11.3. The van der Waals surface area contributed by atoms with Crippen LogP contribution in [0.1, 0.15) is 26.3 Å². The predicted molar refractivity (Wildman–Crippen MR) is 96.7 cm³/mol. The number of nitrogen functional groups attached to an aromatic ring is 1. The van der Waals surface area contributed by atoms with Crippen LogP contribution >= 0.6 is 0 Å². The van der Waals surface area contributed by atoms with Crippen LogP contribution in [-0.2, 0) is 10.2 Å². The van der Waals surface area contributed by atoms with Crippen molar-refractivity contribution in [2.45, 2.75) is 26.2 Å². The lowest BCUT2D eigenvalue weighted by Gasteiger charge is -2.19. The van der Waals surface area contributed by atoms with Gasteiger partial charge in [-0.05, 0) is 41.3 Å². The van der Waals surface area contributed by atoms with Gasteiger partial charge in [-0.3, -0.25) is 4.79 Å². The smallest absolute Gasteiger partial charge is 0.262 e. The molecule has 24 heavy (non-hydrogen) atoms. The van der Waals surface area contributed by atoms with Crippen molar-refractivity contribution in [3.05, 3.63) is 48.0 Å². The summed E-state index contributed by atoms with van der Waals surface area (Å²) in [5, 5.41) is 2.74. The molecule has 0 fully saturated rings. The summed E-state index contributed by atoms with van der Waals surface area (Å²) in [5.41, 5.74) is 8.19. The zero-order valence-corrected chi connectivity index (χ0v) is 14.6. The first-order valence-electron chi connectivity index (χ1n) is 7.76. The molecule has 0 saturated carbocycles. The van der Waals surface area contributed by atoms with Crippen molar-refractivity contribution < 1.29 is 14.3 Å². The molecule has 0 aliphatic heterocycles. The molecule has 128 valence electrons. The molecule has 0 heterocycles. The largest absolute Gasteiger partial charge is 0.495 e. The Morgan fingerprint density at radius 1 is 1.12 bits per heavy atom. The lowest BCUT2D eigenvalue weighted by molar-refractivity contribution is -0.118. The topological polar surface area (TPSA) is 73.6 Å². The Labute approximate surface area is 142 Å². The van der Waals surface area contributed by atoms with E-state index in [2.05, 4.69) is 26.1 Å². The van der Waals surface area contributed by atoms with Crippen LogP contribution < -0.4 is 20.5 Å². The minimum Gasteiger partial charge on any atom is -0.495 e. The Morgan fingerprint density at radius 2 is 1.79 bits per heavy atom. The number of amides is 1. The van der Waals surface area contributed by atoms with E-state index in [0.29, 0.717) is 22.9 Å². The minimum atomic E-state index is -0.250. The Kier molecular flexibility index (Phi) is 5.34. The van der Waals surface area contributed by atoms with E-state index < -0.39 is 0 Å². The molecule has 1 amide bonds. The SMILES string of the molecule is COc1ccc(NC(=O)COc2ccc(C(C)(C)C)cc2)cc1N. The van der Waals surface area contributed by atoms with E-state index >= 15 is 0 Å². The maximum Gasteiger partial charge on any atom is 0.262 e. The van der Waals surface area contributed by atoms with Crippen molar-refractivity contribution in [1.29, 1.82) is 0 Å². The van der Waals surface area contributed by atoms with Gasteiger partial charge in [-0.15, -0.1) is 0 Å². The average molecular weight is 328 g/mol. The molecule has 2 aromatic rings. The van der Waals surface area contributed by atoms with E-state index in [1.807, 2.05) is 24.3 Å². The standard InChI is InChI=1S/C19H24N2O3/c1-19(2,3)13-5-8-15(9-6-13)24-12-18(22)21-14-7-10-17(23-4)16(20)11-14/h5-11H,12,20H2,1-4H3,(H,21,22). The highest BCUT2D eigenvalue weighted by Gasteiger charge is 2.13. The normalized spacial score (nSPS) is 11.0. The third-order valence-corrected chi connectivity index (χ3v) is 3.60. The van der Waals surface area contributed by atoms with Crippen molar-refractivity contribution in [3.63, 3.8) is 0 Å². The second-order valence-corrected chi connectivity index (χ2v) is 6.57. The van der Waals surface area contributed by atoms with E-state index in [0.717, 1.165) is 0 Å². The molecule has 2 aromatic carbocycles. The van der Waals surface area contributed by atoms with Crippen LogP contribution in [0.3, 0.4) is 0 Å². The number of nitrogens with two attached hydrogens (primary N) is 1. The predicted octanol–water partition coefficient (Wildman–Crippen LogP) is 3.59. The number of benzene rings is 2. The van der Waals surface area contributed by atoms with Crippen LogP contribution in [0.2, 0.25) is 0 Å². The van der Waals surface area contributed by atoms with Gasteiger partial charge >= 0.3 is 0 Å². The third kappa shape index (κ3) is 4.65. The van der Waals surface area contributed by atoms with E-state index in [1.165, 1.54) is 5.56 Å². The van der Waals surface area contributed by atoms with Gasteiger partial charge < -0.3 is 20.5 Å². The summed E-state index contributed by atoms with van der Waals surface area (Å²) in [6.45, 7) is 6.38. The van der Waals surface area contributed by atoms with Gasteiger partial charge in [0.15, 0.2) is 6.61 Å². The summed E-state index contributed by atoms with van der Waals surface area (Å²) >= 11 is 0. The van der Waals surface area contributed by atoms with Crippen molar-refractivity contribution >= 4 is 17.3 Å². The maximum atomic E-state index is 12.0. The van der Waals surface area contributed by atoms with Gasteiger partial charge in [0.25, 0.3) is 5.91 Å². The van der Waals surface area contributed by atoms with Gasteiger partial charge in [0.05, 0.1) is 12.8 Å². The van der Waals surface area contributed by atoms with E-state index in [-0.39, 0.29) is 17.9 Å². The van der Waals surface area contributed by atoms with Gasteiger partial charge in [0.2, 0.25) is 0 Å². The number of anilines is 2. The lowest BCUT2D eigenvalue weighted by atomic mass is 9.87. The fourth-order valence-electron chi connectivity index (χ4n) is 2.21. The maximum absolute atomic E-state index is 12.0. The minimum absolute atomic E-state index is 0.0687. The molecule has 0 atom stereocenters. The lowest BCUT2D eigenvalue weighted by Crippen LogP contribution is -2.20. The molecule has 0 unspecified atom stereocenters. The van der Waals surface area contributed by atoms with Gasteiger partial charge in [0, 0.05) is 5.69 Å². The molecular weight excluding hydrogens is 304 g/mol. The quantitative estimate of drug-likeness (QED) is 0.823. The number of ether oxygens (including phenoxy) is 2. The molecule has 0 aliphatic carbocycles. The zero-order valence-electron chi connectivity index (χ0n) is 14.6. The highest BCUT2D eigenvalue weighted by Crippen LogP contribution is 2.25. The van der Waals surface area contributed by atoms with Crippen molar-refractivity contribution in [2.24, 2.45) is 0 Å². The fraction of sp³-hybridized carbons (Fsp3) is 0.316. The number of nitrogens with one attached hydrogen (secondary N) is 1. The van der Waals surface area contributed by atoms with Gasteiger partial charge in [0.1, 0.15) is 11.5 Å². The first-order valence-corrected chi connectivity index (χ1v) is 7.76. The molecule has 5 nitrogen and oxygen atoms in total.